The molecule has 0 saturated carbocycles. The van der Waals surface area contributed by atoms with Crippen LogP contribution in [-0.2, 0) is 16.1 Å². The van der Waals surface area contributed by atoms with E-state index in [1.165, 1.54) is 18.3 Å². The number of benzene rings is 1. The zero-order chi connectivity index (χ0) is 16.8. The van der Waals surface area contributed by atoms with Crippen molar-refractivity contribution in [3.8, 4) is 0 Å². The van der Waals surface area contributed by atoms with Crippen LogP contribution in [0.2, 0.25) is 10.2 Å². The lowest BCUT2D eigenvalue weighted by Crippen LogP contribution is -2.28. The van der Waals surface area contributed by atoms with Gasteiger partial charge in [-0.15, -0.1) is 0 Å². The van der Waals surface area contributed by atoms with Crippen LogP contribution in [0.15, 0.2) is 36.5 Å². The lowest BCUT2D eigenvalue weighted by Gasteiger charge is -2.07. The van der Waals surface area contributed by atoms with Gasteiger partial charge in [-0.1, -0.05) is 41.4 Å². The second-order valence-electron chi connectivity index (χ2n) is 4.44. The summed E-state index contributed by atoms with van der Waals surface area (Å²) < 4.78 is 18.2. The van der Waals surface area contributed by atoms with Crippen molar-refractivity contribution in [2.45, 2.75) is 6.54 Å². The van der Waals surface area contributed by atoms with Gasteiger partial charge in [-0.05, 0) is 12.1 Å². The number of aromatic nitrogens is 1. The molecule has 23 heavy (non-hydrogen) atoms. The topological polar surface area (TPSA) is 68.3 Å². The third-order valence-corrected chi connectivity index (χ3v) is 3.49. The molecule has 0 spiro atoms. The number of hydrogen-bond acceptors (Lipinski definition) is 4. The molecule has 1 N–H and O–H groups in total. The quantitative estimate of drug-likeness (QED) is 0.660. The first-order valence-electron chi connectivity index (χ1n) is 6.45. The molecule has 0 aliphatic carbocycles. The summed E-state index contributed by atoms with van der Waals surface area (Å²) in [7, 11) is 0. The van der Waals surface area contributed by atoms with Crippen LogP contribution in [0.5, 0.6) is 0 Å². The Hall–Kier alpha value is -2.18. The highest BCUT2D eigenvalue weighted by Gasteiger charge is 2.13. The van der Waals surface area contributed by atoms with E-state index >= 15 is 0 Å². The van der Waals surface area contributed by atoms with Gasteiger partial charge in [0, 0.05) is 18.3 Å². The van der Waals surface area contributed by atoms with E-state index in [-0.39, 0.29) is 22.3 Å². The molecular weight excluding hydrogens is 346 g/mol. The van der Waals surface area contributed by atoms with Crippen LogP contribution in [0.25, 0.3) is 0 Å². The monoisotopic (exact) mass is 356 g/mol. The fourth-order valence-electron chi connectivity index (χ4n) is 1.63. The SMILES string of the molecule is O=C(COC(=O)c1cnc(Cl)c(Cl)c1)NCc1ccccc1F. The maximum Gasteiger partial charge on any atom is 0.340 e. The van der Waals surface area contributed by atoms with Crippen molar-refractivity contribution in [2.24, 2.45) is 0 Å². The second-order valence-corrected chi connectivity index (χ2v) is 5.21. The molecule has 1 heterocycles. The van der Waals surface area contributed by atoms with Gasteiger partial charge in [0.05, 0.1) is 10.6 Å². The van der Waals surface area contributed by atoms with Crippen LogP contribution in [0.3, 0.4) is 0 Å². The van der Waals surface area contributed by atoms with Gasteiger partial charge in [-0.25, -0.2) is 14.2 Å². The Balaban J connectivity index is 1.83. The van der Waals surface area contributed by atoms with Crippen molar-refractivity contribution in [3.63, 3.8) is 0 Å². The fraction of sp³-hybridized carbons (Fsp3) is 0.133. The summed E-state index contributed by atoms with van der Waals surface area (Å²) in [6.45, 7) is -0.509. The number of nitrogens with zero attached hydrogens (tertiary/aromatic N) is 1. The zero-order valence-corrected chi connectivity index (χ0v) is 13.2. The summed E-state index contributed by atoms with van der Waals surface area (Å²) in [6.07, 6.45) is 1.19. The highest BCUT2D eigenvalue weighted by atomic mass is 35.5. The summed E-state index contributed by atoms with van der Waals surface area (Å²) in [4.78, 5) is 27.1. The molecule has 8 heteroatoms. The molecular formula is C15H11Cl2FN2O3. The Morgan fingerprint density at radius 2 is 2.00 bits per heavy atom. The van der Waals surface area contributed by atoms with E-state index in [4.69, 9.17) is 27.9 Å². The summed E-state index contributed by atoms with van der Waals surface area (Å²) >= 11 is 11.4. The third kappa shape index (κ3) is 4.91. The maximum absolute atomic E-state index is 13.4. The number of amides is 1. The maximum atomic E-state index is 13.4. The number of hydrogen-bond donors (Lipinski definition) is 1. The van der Waals surface area contributed by atoms with E-state index in [1.54, 1.807) is 18.2 Å². The van der Waals surface area contributed by atoms with Gasteiger partial charge in [0.2, 0.25) is 0 Å². The Labute approximate surface area is 141 Å². The molecule has 5 nitrogen and oxygen atoms in total. The standard InChI is InChI=1S/C15H11Cl2FN2O3/c16-11-5-10(7-20-14(11)17)15(22)23-8-13(21)19-6-9-3-1-2-4-12(9)18/h1-5,7H,6,8H2,(H,19,21). The zero-order valence-electron chi connectivity index (χ0n) is 11.7. The first kappa shape index (κ1) is 17.2. The average Bonchev–Trinajstić information content (AvgIpc) is 2.54. The van der Waals surface area contributed by atoms with Crippen LogP contribution in [0, 0.1) is 5.82 Å². The van der Waals surface area contributed by atoms with Crippen LogP contribution < -0.4 is 5.32 Å². The number of nitrogens with one attached hydrogen (secondary N) is 1. The van der Waals surface area contributed by atoms with Crippen molar-refractivity contribution in [1.29, 1.82) is 0 Å². The van der Waals surface area contributed by atoms with Crippen LogP contribution in [0.4, 0.5) is 4.39 Å². The van der Waals surface area contributed by atoms with Gasteiger partial charge >= 0.3 is 5.97 Å². The first-order valence-corrected chi connectivity index (χ1v) is 7.21. The lowest BCUT2D eigenvalue weighted by molar-refractivity contribution is -0.124. The highest BCUT2D eigenvalue weighted by Crippen LogP contribution is 2.20. The number of carbonyl (C=O) groups is 2. The normalized spacial score (nSPS) is 10.2. The smallest absolute Gasteiger partial charge is 0.340 e. The van der Waals surface area contributed by atoms with E-state index < -0.39 is 24.3 Å². The van der Waals surface area contributed by atoms with Gasteiger partial charge in [0.15, 0.2) is 6.61 Å². The van der Waals surface area contributed by atoms with Crippen LogP contribution in [-0.4, -0.2) is 23.5 Å². The van der Waals surface area contributed by atoms with E-state index in [2.05, 4.69) is 10.3 Å². The van der Waals surface area contributed by atoms with Gasteiger partial charge in [-0.2, -0.15) is 0 Å². The first-order chi connectivity index (χ1) is 11.0. The van der Waals surface area contributed by atoms with Gasteiger partial charge in [0.1, 0.15) is 11.0 Å². The minimum absolute atomic E-state index is 0.00259. The Morgan fingerprint density at radius 3 is 2.70 bits per heavy atom. The summed E-state index contributed by atoms with van der Waals surface area (Å²) in [5.74, 6) is -1.75. The molecule has 0 unspecified atom stereocenters. The van der Waals surface area contributed by atoms with E-state index in [0.717, 1.165) is 0 Å². The number of halogens is 3. The molecule has 120 valence electrons. The largest absolute Gasteiger partial charge is 0.452 e. The van der Waals surface area contributed by atoms with Gasteiger partial charge in [-0.3, -0.25) is 4.79 Å². The molecule has 2 aromatic rings. The second kappa shape index (κ2) is 7.89. The number of rotatable bonds is 5. The predicted octanol–water partition coefficient (Wildman–Crippen LogP) is 3.00. The third-order valence-electron chi connectivity index (χ3n) is 2.80. The van der Waals surface area contributed by atoms with Crippen molar-refractivity contribution < 1.29 is 18.7 Å². The molecule has 0 aliphatic rings. The summed E-state index contributed by atoms with van der Waals surface area (Å²) in [6, 6.07) is 7.33. The van der Waals surface area contributed by atoms with Crippen molar-refractivity contribution >= 4 is 35.1 Å². The molecule has 1 amide bonds. The molecule has 0 radical (unpaired) electrons. The fourth-order valence-corrected chi connectivity index (χ4v) is 1.90. The predicted molar refractivity (Wildman–Crippen MR) is 82.8 cm³/mol. The molecule has 0 bridgehead atoms. The molecule has 0 atom stereocenters. The van der Waals surface area contributed by atoms with E-state index in [1.807, 2.05) is 0 Å². The Bertz CT molecular complexity index is 740. The highest BCUT2D eigenvalue weighted by molar-refractivity contribution is 6.41. The molecule has 0 aliphatic heterocycles. The Morgan fingerprint density at radius 1 is 1.26 bits per heavy atom. The van der Waals surface area contributed by atoms with Crippen LogP contribution >= 0.6 is 23.2 Å². The number of ether oxygens (including phenoxy) is 1. The Kier molecular flexibility index (Phi) is 5.90. The average molecular weight is 357 g/mol. The molecule has 0 saturated heterocycles. The van der Waals surface area contributed by atoms with Gasteiger partial charge in [0.25, 0.3) is 5.91 Å². The van der Waals surface area contributed by atoms with Crippen molar-refractivity contribution in [2.75, 3.05) is 6.61 Å². The number of pyridine rings is 1. The summed E-state index contributed by atoms with van der Waals surface area (Å²) in [5.41, 5.74) is 0.405. The van der Waals surface area contributed by atoms with E-state index in [0.29, 0.717) is 5.56 Å². The number of carbonyl (C=O) groups excluding carboxylic acids is 2. The molecule has 1 aromatic carbocycles. The minimum atomic E-state index is -0.767. The molecule has 1 aromatic heterocycles. The molecule has 2 rings (SSSR count). The van der Waals surface area contributed by atoms with E-state index in [9.17, 15) is 14.0 Å². The van der Waals surface area contributed by atoms with Gasteiger partial charge < -0.3 is 10.1 Å². The summed E-state index contributed by atoms with van der Waals surface area (Å²) in [5, 5.41) is 2.61. The lowest BCUT2D eigenvalue weighted by atomic mass is 10.2. The van der Waals surface area contributed by atoms with Crippen molar-refractivity contribution in [1.82, 2.24) is 10.3 Å². The van der Waals surface area contributed by atoms with Crippen LogP contribution in [0.1, 0.15) is 15.9 Å². The minimum Gasteiger partial charge on any atom is -0.452 e. The van der Waals surface area contributed by atoms with Crippen molar-refractivity contribution in [3.05, 3.63) is 63.6 Å². The molecule has 0 fully saturated rings. The number of esters is 1.